The molecule has 14 heteroatoms. The number of nitrogens with one attached hydrogen (secondary N) is 1. The highest BCUT2D eigenvalue weighted by atomic mass is 35.5. The molecule has 11 nitrogen and oxygen atoms in total. The third-order valence-corrected chi connectivity index (χ3v) is 16.8. The quantitative estimate of drug-likeness (QED) is 0.426. The number of hydrogen-bond acceptors (Lipinski definition) is 10. The van der Waals surface area contributed by atoms with Crippen LogP contribution in [0.5, 0.6) is 5.75 Å². The third kappa shape index (κ3) is 8.51. The van der Waals surface area contributed by atoms with Crippen molar-refractivity contribution in [3.63, 3.8) is 0 Å². The van der Waals surface area contributed by atoms with E-state index in [0.29, 0.717) is 36.3 Å². The van der Waals surface area contributed by atoms with Crippen molar-refractivity contribution in [2.75, 3.05) is 69.3 Å². The predicted octanol–water partition coefficient (Wildman–Crippen LogP) is 4.93. The van der Waals surface area contributed by atoms with Crippen LogP contribution < -0.4 is 14.4 Å². The number of hydrogen-bond donors (Lipinski definition) is 1. The number of carbonyl (C=O) groups is 1. The molecule has 0 radical (unpaired) electrons. The highest BCUT2D eigenvalue weighted by molar-refractivity contribution is 7.92. The number of sulfone groups is 1. The number of aryl methyl sites for hydroxylation is 1. The smallest absolute Gasteiger partial charge is 0.264 e. The standard InChI is InChI=1S/C40H55ClN4O7S2/c1-28-7-6-15-40(51-3,27-43-17-19-44(20-18-43)35-25-53(47,48)26-35)36-13-10-32(36)23-45-16-5-4-8-30-21-34(41)12-9-33(30)24-52-38-14-11-31(22-37(38)45)39(46)42-54(49,50)29(28)2/h6,9,11-12,14-15,21-22,28-29,32,35-36H,4-5,7-8,10,13,16-20,23-27H2,1-3H3,(H,42,46)/b15-6+/t28-,29+,32-,36+,40+/m0/s1. The number of rotatable bonds is 4. The molecule has 1 aliphatic carbocycles. The number of sulfonamides is 1. The second-order valence-electron chi connectivity index (χ2n) is 16.2. The summed E-state index contributed by atoms with van der Waals surface area (Å²) in [4.78, 5) is 20.7. The molecule has 5 aliphatic rings. The van der Waals surface area contributed by atoms with Gasteiger partial charge in [0.05, 0.1) is 22.4 Å². The average molecular weight is 803 g/mol. The lowest BCUT2D eigenvalue weighted by Crippen LogP contribution is -2.62. The third-order valence-electron chi connectivity index (χ3n) is 12.8. The molecule has 2 saturated heterocycles. The normalized spacial score (nSPS) is 31.6. The van der Waals surface area contributed by atoms with Crippen LogP contribution >= 0.6 is 11.6 Å². The van der Waals surface area contributed by atoms with E-state index in [-0.39, 0.29) is 34.9 Å². The summed E-state index contributed by atoms with van der Waals surface area (Å²) in [7, 11) is -5.08. The van der Waals surface area contributed by atoms with Gasteiger partial charge in [-0.15, -0.1) is 0 Å². The van der Waals surface area contributed by atoms with Gasteiger partial charge < -0.3 is 14.4 Å². The number of halogens is 1. The van der Waals surface area contributed by atoms with Gasteiger partial charge >= 0.3 is 0 Å². The van der Waals surface area contributed by atoms with Crippen molar-refractivity contribution in [3.05, 3.63) is 70.3 Å². The van der Waals surface area contributed by atoms with Crippen LogP contribution in [0.4, 0.5) is 5.69 Å². The first-order chi connectivity index (χ1) is 25.8. The molecular weight excluding hydrogens is 748 g/mol. The van der Waals surface area contributed by atoms with Crippen LogP contribution in [-0.2, 0) is 37.6 Å². The summed E-state index contributed by atoms with van der Waals surface area (Å²) in [6.45, 7) is 9.36. The Balaban J connectivity index is 1.21. The summed E-state index contributed by atoms with van der Waals surface area (Å²) in [5.74, 6) is 0.752. The van der Waals surface area contributed by atoms with E-state index in [2.05, 4.69) is 31.6 Å². The molecule has 296 valence electrons. The first-order valence-electron chi connectivity index (χ1n) is 19.5. The van der Waals surface area contributed by atoms with Gasteiger partial charge in [-0.25, -0.2) is 21.6 Å². The molecule has 1 saturated carbocycles. The largest absolute Gasteiger partial charge is 0.487 e. The fraction of sp³-hybridized carbons (Fsp3) is 0.625. The van der Waals surface area contributed by atoms with Gasteiger partial charge in [0.1, 0.15) is 18.0 Å². The Hall–Kier alpha value is -2.68. The molecule has 2 aromatic carbocycles. The monoisotopic (exact) mass is 802 g/mol. The molecule has 0 unspecified atom stereocenters. The van der Waals surface area contributed by atoms with Crippen LogP contribution in [0.1, 0.15) is 67.4 Å². The minimum atomic E-state index is -3.99. The van der Waals surface area contributed by atoms with E-state index in [0.717, 1.165) is 82.6 Å². The number of methoxy groups -OCH3 is 1. The Labute approximate surface area is 326 Å². The summed E-state index contributed by atoms with van der Waals surface area (Å²) in [5.41, 5.74) is 2.69. The Bertz CT molecular complexity index is 1940. The number of allylic oxidation sites excluding steroid dienone is 1. The van der Waals surface area contributed by atoms with E-state index in [1.54, 1.807) is 32.2 Å². The molecule has 2 aromatic rings. The van der Waals surface area contributed by atoms with E-state index >= 15 is 0 Å². The van der Waals surface area contributed by atoms with Crippen LogP contribution in [0.25, 0.3) is 0 Å². The van der Waals surface area contributed by atoms with Crippen LogP contribution in [0, 0.1) is 17.8 Å². The Morgan fingerprint density at radius 3 is 2.44 bits per heavy atom. The van der Waals surface area contributed by atoms with Gasteiger partial charge in [-0.2, -0.15) is 0 Å². The summed E-state index contributed by atoms with van der Waals surface area (Å²) in [6.07, 6.45) is 9.56. The van der Waals surface area contributed by atoms with Crippen LogP contribution in [-0.4, -0.2) is 114 Å². The Kier molecular flexibility index (Phi) is 11.8. The fourth-order valence-electron chi connectivity index (χ4n) is 9.02. The number of amides is 1. The van der Waals surface area contributed by atoms with Crippen molar-refractivity contribution in [1.82, 2.24) is 14.5 Å². The van der Waals surface area contributed by atoms with E-state index in [9.17, 15) is 21.6 Å². The Morgan fingerprint density at radius 1 is 0.963 bits per heavy atom. The molecule has 0 spiro atoms. The van der Waals surface area contributed by atoms with Crippen molar-refractivity contribution < 1.29 is 31.1 Å². The second kappa shape index (κ2) is 16.1. The fourth-order valence-corrected chi connectivity index (χ4v) is 12.0. The van der Waals surface area contributed by atoms with Crippen LogP contribution in [0.3, 0.4) is 0 Å². The second-order valence-corrected chi connectivity index (χ2v) is 20.9. The zero-order valence-electron chi connectivity index (χ0n) is 31.7. The number of benzene rings is 2. The molecular formula is C40H55ClN4O7S2. The van der Waals surface area contributed by atoms with Crippen molar-refractivity contribution >= 4 is 43.1 Å². The van der Waals surface area contributed by atoms with Gasteiger partial charge in [0.15, 0.2) is 9.84 Å². The molecule has 4 aliphatic heterocycles. The number of carbonyl (C=O) groups excluding carboxylic acids is 1. The summed E-state index contributed by atoms with van der Waals surface area (Å²) < 4.78 is 66.5. The molecule has 2 bridgehead atoms. The van der Waals surface area contributed by atoms with E-state index in [1.165, 1.54) is 5.56 Å². The number of nitrogens with zero attached hydrogens (tertiary/aromatic N) is 3. The molecule has 5 atom stereocenters. The lowest BCUT2D eigenvalue weighted by Gasteiger charge is -2.52. The van der Waals surface area contributed by atoms with Crippen molar-refractivity contribution in [3.8, 4) is 5.75 Å². The number of ether oxygens (including phenoxy) is 2. The maximum atomic E-state index is 13.6. The minimum Gasteiger partial charge on any atom is -0.487 e. The topological polar surface area (TPSA) is 126 Å². The van der Waals surface area contributed by atoms with Gasteiger partial charge in [0.25, 0.3) is 5.91 Å². The molecule has 4 heterocycles. The summed E-state index contributed by atoms with van der Waals surface area (Å²) >= 11 is 6.40. The molecule has 54 heavy (non-hydrogen) atoms. The first kappa shape index (κ1) is 39.6. The van der Waals surface area contributed by atoms with Crippen LogP contribution in [0.15, 0.2) is 48.6 Å². The minimum absolute atomic E-state index is 0.117. The van der Waals surface area contributed by atoms with Crippen molar-refractivity contribution in [2.45, 2.75) is 75.9 Å². The zero-order chi connectivity index (χ0) is 38.3. The van der Waals surface area contributed by atoms with Gasteiger partial charge in [0.2, 0.25) is 10.0 Å². The summed E-state index contributed by atoms with van der Waals surface area (Å²) in [5, 5.41) is -0.115. The number of piperazine rings is 1. The molecule has 1 N–H and O–H groups in total. The number of anilines is 1. The Morgan fingerprint density at radius 2 is 1.74 bits per heavy atom. The molecule has 3 fully saturated rings. The van der Waals surface area contributed by atoms with Crippen LogP contribution in [0.2, 0.25) is 5.02 Å². The highest BCUT2D eigenvalue weighted by Gasteiger charge is 2.49. The predicted molar refractivity (Wildman–Crippen MR) is 213 cm³/mol. The van der Waals surface area contributed by atoms with Gasteiger partial charge in [-0.1, -0.05) is 36.7 Å². The lowest BCUT2D eigenvalue weighted by atomic mass is 9.63. The zero-order valence-corrected chi connectivity index (χ0v) is 34.1. The SMILES string of the molecule is CO[C@@]1(CN2CCN(C3CS(=O)(=O)C3)CC2)/C=C/C[C@H](C)[C@@H](C)S(=O)(=O)NC(=O)c2ccc3c(c2)N(CCCCc2cc(Cl)ccc2CO3)C[C@@H]2CC[C@H]21. The highest BCUT2D eigenvalue weighted by Crippen LogP contribution is 2.47. The molecule has 7 rings (SSSR count). The maximum absolute atomic E-state index is 13.6. The maximum Gasteiger partial charge on any atom is 0.264 e. The average Bonchev–Trinajstić information content (AvgIpc) is 3.14. The first-order valence-corrected chi connectivity index (χ1v) is 23.2. The summed E-state index contributed by atoms with van der Waals surface area (Å²) in [6, 6.07) is 11.3. The van der Waals surface area contributed by atoms with Gasteiger partial charge in [0, 0.05) is 69.6 Å². The molecule has 1 amide bonds. The van der Waals surface area contributed by atoms with Gasteiger partial charge in [-0.05, 0) is 105 Å². The van der Waals surface area contributed by atoms with Crippen molar-refractivity contribution in [1.29, 1.82) is 0 Å². The molecule has 0 aromatic heterocycles. The van der Waals surface area contributed by atoms with E-state index < -0.39 is 36.6 Å². The van der Waals surface area contributed by atoms with Crippen molar-refractivity contribution in [2.24, 2.45) is 17.8 Å². The van der Waals surface area contributed by atoms with Gasteiger partial charge in [-0.3, -0.25) is 14.6 Å². The van der Waals surface area contributed by atoms with E-state index in [1.807, 2.05) is 25.1 Å². The lowest BCUT2D eigenvalue weighted by molar-refractivity contribution is -0.0960. The van der Waals surface area contributed by atoms with E-state index in [4.69, 9.17) is 21.1 Å². The number of fused-ring (bicyclic) bond motifs is 3.